The summed E-state index contributed by atoms with van der Waals surface area (Å²) >= 11 is 2.20. The number of hydrogen-bond donors (Lipinski definition) is 0. The van der Waals surface area contributed by atoms with Gasteiger partial charge in [-0.15, -0.1) is 20.4 Å². The van der Waals surface area contributed by atoms with Gasteiger partial charge in [-0.2, -0.15) is 26.3 Å². The van der Waals surface area contributed by atoms with E-state index in [2.05, 4.69) is 20.4 Å². The Kier molecular flexibility index (Phi) is 6.36. The lowest BCUT2D eigenvalue weighted by atomic mass is 10.2. The molecule has 0 spiro atoms. The monoisotopic (exact) mass is 468 g/mol. The molecule has 0 aliphatic carbocycles. The van der Waals surface area contributed by atoms with E-state index in [9.17, 15) is 26.3 Å². The van der Waals surface area contributed by atoms with Crippen molar-refractivity contribution < 1.29 is 26.3 Å². The highest BCUT2D eigenvalue weighted by molar-refractivity contribution is 7.98. The molecular formula is C16H14F6N6S2. The first-order chi connectivity index (χ1) is 14.0. The van der Waals surface area contributed by atoms with Gasteiger partial charge in [-0.25, -0.2) is 0 Å². The minimum atomic E-state index is -4.58. The van der Waals surface area contributed by atoms with Crippen LogP contribution in [0.3, 0.4) is 0 Å². The van der Waals surface area contributed by atoms with Gasteiger partial charge in [0, 0.05) is 25.6 Å². The Labute approximate surface area is 175 Å². The van der Waals surface area contributed by atoms with Gasteiger partial charge in [0.2, 0.25) is 11.6 Å². The van der Waals surface area contributed by atoms with Crippen molar-refractivity contribution in [1.29, 1.82) is 0 Å². The molecule has 162 valence electrons. The fourth-order valence-electron chi connectivity index (χ4n) is 2.48. The highest BCUT2D eigenvalue weighted by atomic mass is 32.2. The summed E-state index contributed by atoms with van der Waals surface area (Å²) < 4.78 is 78.5. The van der Waals surface area contributed by atoms with Crippen LogP contribution >= 0.6 is 23.5 Å². The lowest BCUT2D eigenvalue weighted by Crippen LogP contribution is -2.13. The molecule has 3 rings (SSSR count). The van der Waals surface area contributed by atoms with Gasteiger partial charge in [-0.05, 0) is 11.1 Å². The summed E-state index contributed by atoms with van der Waals surface area (Å²) in [6, 6.07) is 7.18. The van der Waals surface area contributed by atoms with Gasteiger partial charge in [0.1, 0.15) is 0 Å². The topological polar surface area (TPSA) is 61.4 Å². The van der Waals surface area contributed by atoms with Crippen molar-refractivity contribution in [3.63, 3.8) is 0 Å². The van der Waals surface area contributed by atoms with E-state index in [-0.39, 0.29) is 10.3 Å². The predicted octanol–water partition coefficient (Wildman–Crippen LogP) is 4.57. The molecule has 0 saturated heterocycles. The molecular weight excluding hydrogens is 454 g/mol. The fraction of sp³-hybridized carbons (Fsp3) is 0.375. The van der Waals surface area contributed by atoms with Gasteiger partial charge in [-0.1, -0.05) is 47.8 Å². The molecule has 2 heterocycles. The van der Waals surface area contributed by atoms with Crippen LogP contribution in [0.5, 0.6) is 0 Å². The first kappa shape index (κ1) is 22.5. The molecule has 0 aliphatic heterocycles. The second-order valence-corrected chi connectivity index (χ2v) is 8.01. The van der Waals surface area contributed by atoms with Crippen molar-refractivity contribution in [2.45, 2.75) is 34.2 Å². The number of thioether (sulfide) groups is 2. The molecule has 2 aromatic heterocycles. The summed E-state index contributed by atoms with van der Waals surface area (Å²) in [5, 5.41) is 13.7. The molecule has 0 N–H and O–H groups in total. The largest absolute Gasteiger partial charge is 0.451 e. The summed E-state index contributed by atoms with van der Waals surface area (Å²) in [5.41, 5.74) is 1.65. The van der Waals surface area contributed by atoms with Crippen molar-refractivity contribution in [2.75, 3.05) is 0 Å². The second-order valence-electron chi connectivity index (χ2n) is 6.12. The molecule has 0 aliphatic rings. The number of alkyl halides is 6. The van der Waals surface area contributed by atoms with Gasteiger partial charge < -0.3 is 9.13 Å². The Morgan fingerprint density at radius 1 is 0.733 bits per heavy atom. The van der Waals surface area contributed by atoms with Crippen LogP contribution in [-0.4, -0.2) is 29.5 Å². The average molecular weight is 468 g/mol. The van der Waals surface area contributed by atoms with Crippen LogP contribution in [0.1, 0.15) is 22.8 Å². The second kappa shape index (κ2) is 8.49. The van der Waals surface area contributed by atoms with Crippen molar-refractivity contribution in [2.24, 2.45) is 14.1 Å². The Hall–Kier alpha value is -2.22. The molecule has 0 atom stereocenters. The van der Waals surface area contributed by atoms with E-state index in [1.54, 1.807) is 18.2 Å². The molecule has 6 nitrogen and oxygen atoms in total. The van der Waals surface area contributed by atoms with E-state index in [1.807, 2.05) is 6.07 Å². The molecule has 0 radical (unpaired) electrons. The lowest BCUT2D eigenvalue weighted by Gasteiger charge is -2.08. The Morgan fingerprint density at radius 3 is 1.47 bits per heavy atom. The van der Waals surface area contributed by atoms with E-state index in [0.29, 0.717) is 11.5 Å². The molecule has 0 amide bonds. The third kappa shape index (κ3) is 5.09. The minimum Gasteiger partial charge on any atom is -0.302 e. The molecule has 0 bridgehead atoms. The minimum absolute atomic E-state index is 0.126. The highest BCUT2D eigenvalue weighted by Crippen LogP contribution is 2.32. The molecule has 0 saturated carbocycles. The van der Waals surface area contributed by atoms with Crippen LogP contribution in [-0.2, 0) is 38.0 Å². The molecule has 0 unspecified atom stereocenters. The first-order valence-electron chi connectivity index (χ1n) is 8.23. The maximum absolute atomic E-state index is 12.8. The van der Waals surface area contributed by atoms with E-state index in [0.717, 1.165) is 43.8 Å². The number of benzene rings is 1. The zero-order valence-corrected chi connectivity index (χ0v) is 17.1. The van der Waals surface area contributed by atoms with Gasteiger partial charge in [0.05, 0.1) is 0 Å². The standard InChI is InChI=1S/C16H14F6N6S2/c1-27-11(15(17,18)19)23-25-13(27)29-7-9-4-3-5-10(6-9)8-30-14-26-24-12(28(14)2)16(20,21)22/h3-6H,7-8H2,1-2H3. The normalized spacial score (nSPS) is 12.5. The van der Waals surface area contributed by atoms with E-state index < -0.39 is 24.0 Å². The van der Waals surface area contributed by atoms with Crippen LogP contribution in [0.4, 0.5) is 26.3 Å². The van der Waals surface area contributed by atoms with Gasteiger partial charge in [0.15, 0.2) is 10.3 Å². The summed E-state index contributed by atoms with van der Waals surface area (Å²) in [7, 11) is 2.49. The smallest absolute Gasteiger partial charge is 0.302 e. The maximum atomic E-state index is 12.8. The van der Waals surface area contributed by atoms with Gasteiger partial charge in [-0.3, -0.25) is 0 Å². The van der Waals surface area contributed by atoms with Crippen LogP contribution in [0.15, 0.2) is 34.6 Å². The van der Waals surface area contributed by atoms with Crippen LogP contribution in [0.2, 0.25) is 0 Å². The summed E-state index contributed by atoms with van der Waals surface area (Å²) in [6.07, 6.45) is -9.16. The summed E-state index contributed by atoms with van der Waals surface area (Å²) in [6.45, 7) is 0. The first-order valence-corrected chi connectivity index (χ1v) is 10.2. The lowest BCUT2D eigenvalue weighted by molar-refractivity contribution is -0.148. The van der Waals surface area contributed by atoms with Crippen LogP contribution < -0.4 is 0 Å². The van der Waals surface area contributed by atoms with Crippen LogP contribution in [0.25, 0.3) is 0 Å². The number of aromatic nitrogens is 6. The van der Waals surface area contributed by atoms with Crippen LogP contribution in [0, 0.1) is 0 Å². The zero-order chi connectivity index (χ0) is 22.1. The van der Waals surface area contributed by atoms with Crippen molar-refractivity contribution in [3.8, 4) is 0 Å². The Bertz CT molecular complexity index is 949. The summed E-state index contributed by atoms with van der Waals surface area (Å²) in [5.74, 6) is -1.44. The molecule has 1 aromatic carbocycles. The Balaban J connectivity index is 1.63. The highest BCUT2D eigenvalue weighted by Gasteiger charge is 2.38. The Morgan fingerprint density at radius 2 is 1.13 bits per heavy atom. The third-order valence-electron chi connectivity index (χ3n) is 3.90. The number of halogens is 6. The molecule has 14 heteroatoms. The number of nitrogens with zero attached hydrogens (tertiary/aromatic N) is 6. The van der Waals surface area contributed by atoms with Crippen molar-refractivity contribution in [3.05, 3.63) is 47.0 Å². The maximum Gasteiger partial charge on any atom is 0.451 e. The van der Waals surface area contributed by atoms with Gasteiger partial charge >= 0.3 is 12.4 Å². The summed E-state index contributed by atoms with van der Waals surface area (Å²) in [4.78, 5) is 0. The predicted molar refractivity (Wildman–Crippen MR) is 97.6 cm³/mol. The SMILES string of the molecule is Cn1c(SCc2cccc(CSc3nnc(C(F)(F)F)n3C)c2)nnc1C(F)(F)F. The fourth-order valence-corrected chi connectivity index (χ4v) is 4.19. The third-order valence-corrected chi connectivity index (χ3v) is 6.09. The molecule has 0 fully saturated rings. The van der Waals surface area contributed by atoms with Gasteiger partial charge in [0.25, 0.3) is 0 Å². The number of hydrogen-bond acceptors (Lipinski definition) is 6. The van der Waals surface area contributed by atoms with E-state index in [4.69, 9.17) is 0 Å². The van der Waals surface area contributed by atoms with Crippen molar-refractivity contribution >= 4 is 23.5 Å². The zero-order valence-electron chi connectivity index (χ0n) is 15.5. The van der Waals surface area contributed by atoms with Crippen molar-refractivity contribution in [1.82, 2.24) is 29.5 Å². The van der Waals surface area contributed by atoms with E-state index in [1.165, 1.54) is 14.1 Å². The molecule has 3 aromatic rings. The van der Waals surface area contributed by atoms with E-state index >= 15 is 0 Å². The average Bonchev–Trinajstić information content (AvgIpc) is 3.20. The quantitative estimate of drug-likeness (QED) is 0.390. The number of rotatable bonds is 6. The molecule has 30 heavy (non-hydrogen) atoms.